The van der Waals surface area contributed by atoms with Crippen LogP contribution in [0.25, 0.3) is 0 Å². The molecule has 0 spiro atoms. The number of carbonyl (C=O) groups is 5. The Morgan fingerprint density at radius 1 is 0.558 bits per heavy atom. The van der Waals surface area contributed by atoms with Crippen molar-refractivity contribution >= 4 is 30.4 Å². The average Bonchev–Trinajstić information content (AvgIpc) is 2.96. The number of nitrogens with zero attached hydrogens (tertiary/aromatic N) is 3. The first-order chi connectivity index (χ1) is 20.9. The number of aldehydes is 2. The minimum atomic E-state index is -1.05. The van der Waals surface area contributed by atoms with Crippen LogP contribution in [-0.4, -0.2) is 161 Å². The van der Waals surface area contributed by atoms with Gasteiger partial charge in [0.05, 0.1) is 32.7 Å². The highest BCUT2D eigenvalue weighted by Crippen LogP contribution is 1.97. The second-order valence-corrected chi connectivity index (χ2v) is 10.4. The first-order valence-corrected chi connectivity index (χ1v) is 15.5. The summed E-state index contributed by atoms with van der Waals surface area (Å²) in [4.78, 5) is 63.7. The Hall–Kier alpha value is -2.53. The Kier molecular flexibility index (Phi) is 27.8. The number of carboxylic acid groups (broad SMARTS) is 1. The van der Waals surface area contributed by atoms with Gasteiger partial charge in [0.25, 0.3) is 0 Å². The summed E-state index contributed by atoms with van der Waals surface area (Å²) in [5.41, 5.74) is 10.9. The highest BCUT2D eigenvalue weighted by Gasteiger charge is 2.17. The molecule has 0 aromatic rings. The lowest BCUT2D eigenvalue weighted by atomic mass is 10.3. The monoisotopic (exact) mass is 615 g/mol. The SMILES string of the molecule is NCCCNCCCCNC(=O)CN(CC=O)CCN(CC=O)CCN(CC(=O)O)CC(=O)NCCCCNCCCN. The summed E-state index contributed by atoms with van der Waals surface area (Å²) >= 11 is 0. The van der Waals surface area contributed by atoms with Crippen molar-refractivity contribution in [2.24, 2.45) is 11.5 Å². The maximum absolute atomic E-state index is 12.4. The predicted octanol–water partition coefficient (Wildman–Crippen LogP) is -2.96. The summed E-state index contributed by atoms with van der Waals surface area (Å²) < 4.78 is 0. The van der Waals surface area contributed by atoms with Crippen molar-refractivity contribution < 1.29 is 29.1 Å². The molecule has 0 bridgehead atoms. The van der Waals surface area contributed by atoms with Crippen LogP contribution in [0.3, 0.4) is 0 Å². The number of carboxylic acids is 1. The number of unbranched alkanes of at least 4 members (excludes halogenated alkanes) is 2. The molecule has 0 fully saturated rings. The van der Waals surface area contributed by atoms with Crippen LogP contribution in [0.15, 0.2) is 0 Å². The third-order valence-electron chi connectivity index (χ3n) is 6.54. The van der Waals surface area contributed by atoms with Crippen molar-refractivity contribution in [1.82, 2.24) is 36.0 Å². The molecule has 0 unspecified atom stereocenters. The van der Waals surface area contributed by atoms with Gasteiger partial charge in [0.1, 0.15) is 12.6 Å². The van der Waals surface area contributed by atoms with Gasteiger partial charge >= 0.3 is 5.97 Å². The molecule has 15 nitrogen and oxygen atoms in total. The number of nitrogens with one attached hydrogen (secondary N) is 4. The number of nitrogens with two attached hydrogens (primary N) is 2. The Balaban J connectivity index is 4.55. The van der Waals surface area contributed by atoms with Crippen LogP contribution in [-0.2, 0) is 24.0 Å². The quantitative estimate of drug-likeness (QED) is 0.0298. The fraction of sp³-hybridized carbons (Fsp3) is 0.821. The van der Waals surface area contributed by atoms with E-state index in [0.717, 1.165) is 77.3 Å². The Bertz CT molecular complexity index is 748. The molecule has 0 rings (SSSR count). The van der Waals surface area contributed by atoms with E-state index in [2.05, 4.69) is 21.3 Å². The number of hydrogen-bond acceptors (Lipinski definition) is 12. The minimum Gasteiger partial charge on any atom is -0.480 e. The van der Waals surface area contributed by atoms with Gasteiger partial charge < -0.3 is 47.4 Å². The molecule has 0 aromatic heterocycles. The molecule has 0 saturated heterocycles. The fourth-order valence-electron chi connectivity index (χ4n) is 4.14. The standard InChI is InChI=1S/C28H57N9O6/c29-7-5-11-31-9-1-3-13-33-26(40)23-36(20-22-39)17-15-35(19-21-38)16-18-37(25-28(42)43)24-27(41)34-14-4-2-10-32-12-6-8-30/h21-22,31-32H,1-20,23-25,29-30H2,(H,33,40)(H,34,41)(H,42,43). The van der Waals surface area contributed by atoms with Crippen LogP contribution < -0.4 is 32.7 Å². The van der Waals surface area contributed by atoms with Gasteiger partial charge in [-0.3, -0.25) is 29.1 Å². The number of carbonyl (C=O) groups excluding carboxylic acids is 4. The summed E-state index contributed by atoms with van der Waals surface area (Å²) in [6, 6.07) is 0. The van der Waals surface area contributed by atoms with E-state index in [1.165, 1.54) is 4.90 Å². The molecule has 43 heavy (non-hydrogen) atoms. The molecule has 9 N–H and O–H groups in total. The van der Waals surface area contributed by atoms with Crippen LogP contribution in [0, 0.1) is 0 Å². The van der Waals surface area contributed by atoms with Crippen molar-refractivity contribution in [3.8, 4) is 0 Å². The highest BCUT2D eigenvalue weighted by molar-refractivity contribution is 5.79. The number of amides is 2. The molecule has 0 atom stereocenters. The smallest absolute Gasteiger partial charge is 0.317 e. The van der Waals surface area contributed by atoms with Gasteiger partial charge in [-0.1, -0.05) is 0 Å². The minimum absolute atomic E-state index is 0.0531. The number of aliphatic carboxylic acids is 1. The molecule has 0 aliphatic rings. The largest absolute Gasteiger partial charge is 0.480 e. The van der Waals surface area contributed by atoms with E-state index < -0.39 is 5.97 Å². The van der Waals surface area contributed by atoms with Gasteiger partial charge in [-0.05, 0) is 77.8 Å². The lowest BCUT2D eigenvalue weighted by Gasteiger charge is -2.27. The van der Waals surface area contributed by atoms with Gasteiger partial charge in [-0.25, -0.2) is 0 Å². The molecular weight excluding hydrogens is 558 g/mol. The molecule has 0 heterocycles. The average molecular weight is 616 g/mol. The van der Waals surface area contributed by atoms with Crippen molar-refractivity contribution in [2.75, 3.05) is 111 Å². The van der Waals surface area contributed by atoms with Crippen LogP contribution in [0.1, 0.15) is 38.5 Å². The topological polar surface area (TPSA) is 215 Å². The van der Waals surface area contributed by atoms with Crippen LogP contribution in [0.2, 0.25) is 0 Å². The second kappa shape index (κ2) is 29.5. The van der Waals surface area contributed by atoms with Crippen LogP contribution in [0.4, 0.5) is 0 Å². The van der Waals surface area contributed by atoms with E-state index in [1.807, 2.05) is 4.90 Å². The zero-order valence-electron chi connectivity index (χ0n) is 25.9. The third-order valence-corrected chi connectivity index (χ3v) is 6.54. The zero-order valence-corrected chi connectivity index (χ0v) is 25.9. The second-order valence-electron chi connectivity index (χ2n) is 10.4. The third kappa shape index (κ3) is 26.8. The first-order valence-electron chi connectivity index (χ1n) is 15.5. The van der Waals surface area contributed by atoms with E-state index in [0.29, 0.717) is 45.8 Å². The summed E-state index contributed by atoms with van der Waals surface area (Å²) in [6.07, 6.45) is 6.80. The lowest BCUT2D eigenvalue weighted by molar-refractivity contribution is -0.139. The molecule has 0 aliphatic carbocycles. The van der Waals surface area contributed by atoms with E-state index in [4.69, 9.17) is 11.5 Å². The molecule has 0 aromatic carbocycles. The van der Waals surface area contributed by atoms with Gasteiger partial charge in [0.2, 0.25) is 11.8 Å². The van der Waals surface area contributed by atoms with E-state index in [1.54, 1.807) is 4.90 Å². The number of hydrogen-bond donors (Lipinski definition) is 7. The van der Waals surface area contributed by atoms with Crippen molar-refractivity contribution in [2.45, 2.75) is 38.5 Å². The van der Waals surface area contributed by atoms with Crippen LogP contribution >= 0.6 is 0 Å². The summed E-state index contributed by atoms with van der Waals surface area (Å²) in [5.74, 6) is -1.49. The number of rotatable bonds is 32. The molecule has 15 heteroatoms. The fourth-order valence-corrected chi connectivity index (χ4v) is 4.14. The van der Waals surface area contributed by atoms with E-state index >= 15 is 0 Å². The Morgan fingerprint density at radius 2 is 0.953 bits per heavy atom. The summed E-state index contributed by atoms with van der Waals surface area (Å²) in [6.45, 7) is 7.01. The lowest BCUT2D eigenvalue weighted by Crippen LogP contribution is -2.46. The first kappa shape index (κ1) is 40.5. The van der Waals surface area contributed by atoms with E-state index in [9.17, 15) is 29.1 Å². The molecular formula is C28H57N9O6. The van der Waals surface area contributed by atoms with Gasteiger partial charge in [0.15, 0.2) is 0 Å². The van der Waals surface area contributed by atoms with Gasteiger partial charge in [-0.2, -0.15) is 0 Å². The molecule has 2 amide bonds. The summed E-state index contributed by atoms with van der Waals surface area (Å²) in [7, 11) is 0. The molecule has 0 saturated carbocycles. The molecule has 0 radical (unpaired) electrons. The van der Waals surface area contributed by atoms with Gasteiger partial charge in [0, 0.05) is 39.3 Å². The maximum atomic E-state index is 12.4. The Labute approximate surface area is 256 Å². The van der Waals surface area contributed by atoms with E-state index in [-0.39, 0.29) is 51.1 Å². The van der Waals surface area contributed by atoms with Crippen molar-refractivity contribution in [3.05, 3.63) is 0 Å². The highest BCUT2D eigenvalue weighted by atomic mass is 16.4. The maximum Gasteiger partial charge on any atom is 0.317 e. The molecule has 250 valence electrons. The zero-order chi connectivity index (χ0) is 32.0. The summed E-state index contributed by atoms with van der Waals surface area (Å²) in [5, 5.41) is 21.6. The Morgan fingerprint density at radius 3 is 1.42 bits per heavy atom. The molecule has 0 aliphatic heterocycles. The predicted molar refractivity (Wildman–Crippen MR) is 167 cm³/mol. The van der Waals surface area contributed by atoms with Gasteiger partial charge in [-0.15, -0.1) is 0 Å². The van der Waals surface area contributed by atoms with Crippen LogP contribution in [0.5, 0.6) is 0 Å². The van der Waals surface area contributed by atoms with Crippen molar-refractivity contribution in [1.29, 1.82) is 0 Å². The normalized spacial score (nSPS) is 11.3. The van der Waals surface area contributed by atoms with Crippen molar-refractivity contribution in [3.63, 3.8) is 0 Å².